The minimum Gasteiger partial charge on any atom is -0.506 e. The van der Waals surface area contributed by atoms with Gasteiger partial charge in [-0.05, 0) is 31.0 Å². The first-order chi connectivity index (χ1) is 8.88. The first-order valence-corrected chi connectivity index (χ1v) is 7.15. The van der Waals surface area contributed by atoms with Crippen LogP contribution in [0.15, 0.2) is 18.2 Å². The highest BCUT2D eigenvalue weighted by Crippen LogP contribution is 2.25. The molecule has 0 heterocycles. The molecular formula is C11H16N2O5S. The summed E-state index contributed by atoms with van der Waals surface area (Å²) in [7, 11) is -4.14. The standard InChI is InChI=1S/C11H16N2O5S/c1-3-8-5-6-10(14)9(7-8)12-19(16,17)13-11(15)18-4-2/h5-7,12,14H,3-4H2,1-2H3,(H,13,15). The summed E-state index contributed by atoms with van der Waals surface area (Å²) in [5, 5.41) is 9.56. The van der Waals surface area contributed by atoms with E-state index in [2.05, 4.69) is 9.46 Å². The lowest BCUT2D eigenvalue weighted by Crippen LogP contribution is -2.35. The molecule has 0 fully saturated rings. The van der Waals surface area contributed by atoms with Crippen molar-refractivity contribution < 1.29 is 23.1 Å². The number of aryl methyl sites for hydroxylation is 1. The molecule has 1 amide bonds. The average Bonchev–Trinajstić information content (AvgIpc) is 2.31. The van der Waals surface area contributed by atoms with E-state index in [9.17, 15) is 18.3 Å². The van der Waals surface area contributed by atoms with Crippen LogP contribution in [0.5, 0.6) is 5.75 Å². The van der Waals surface area contributed by atoms with Gasteiger partial charge in [0.1, 0.15) is 5.75 Å². The number of phenols is 1. The molecule has 0 saturated heterocycles. The summed E-state index contributed by atoms with van der Waals surface area (Å²) in [4.78, 5) is 11.0. The maximum absolute atomic E-state index is 11.6. The van der Waals surface area contributed by atoms with Gasteiger partial charge in [0.15, 0.2) is 0 Å². The van der Waals surface area contributed by atoms with Crippen LogP contribution in [-0.2, 0) is 21.4 Å². The second-order valence-corrected chi connectivity index (χ2v) is 5.05. The molecule has 0 spiro atoms. The normalized spacial score (nSPS) is 10.8. The SMILES string of the molecule is CCOC(=O)NS(=O)(=O)Nc1cc(CC)ccc1O. The van der Waals surface area contributed by atoms with Crippen LogP contribution in [0.2, 0.25) is 0 Å². The Kier molecular flexibility index (Phi) is 4.99. The number of carbonyl (C=O) groups is 1. The quantitative estimate of drug-likeness (QED) is 0.709. The van der Waals surface area contributed by atoms with E-state index in [1.165, 1.54) is 12.1 Å². The van der Waals surface area contributed by atoms with E-state index in [-0.39, 0.29) is 18.0 Å². The fourth-order valence-corrected chi connectivity index (χ4v) is 2.11. The van der Waals surface area contributed by atoms with E-state index < -0.39 is 16.3 Å². The molecule has 0 unspecified atom stereocenters. The van der Waals surface area contributed by atoms with Crippen molar-refractivity contribution in [2.45, 2.75) is 20.3 Å². The third-order valence-corrected chi connectivity index (χ3v) is 3.13. The van der Waals surface area contributed by atoms with E-state index in [1.807, 2.05) is 6.92 Å². The molecular weight excluding hydrogens is 272 g/mol. The zero-order chi connectivity index (χ0) is 14.5. The molecule has 0 aromatic heterocycles. The highest BCUT2D eigenvalue weighted by molar-refractivity contribution is 7.91. The van der Waals surface area contributed by atoms with Crippen molar-refractivity contribution in [2.75, 3.05) is 11.3 Å². The number of anilines is 1. The monoisotopic (exact) mass is 288 g/mol. The van der Waals surface area contributed by atoms with Crippen molar-refractivity contribution in [3.05, 3.63) is 23.8 Å². The van der Waals surface area contributed by atoms with Gasteiger partial charge in [-0.1, -0.05) is 13.0 Å². The van der Waals surface area contributed by atoms with Gasteiger partial charge < -0.3 is 9.84 Å². The van der Waals surface area contributed by atoms with Gasteiger partial charge in [0.25, 0.3) is 0 Å². The van der Waals surface area contributed by atoms with Crippen LogP contribution in [-0.4, -0.2) is 26.2 Å². The van der Waals surface area contributed by atoms with E-state index in [0.29, 0.717) is 6.42 Å². The van der Waals surface area contributed by atoms with Crippen LogP contribution in [0.25, 0.3) is 0 Å². The fraction of sp³-hybridized carbons (Fsp3) is 0.364. The highest BCUT2D eigenvalue weighted by Gasteiger charge is 2.16. The number of amides is 1. The molecule has 8 heteroatoms. The lowest BCUT2D eigenvalue weighted by atomic mass is 10.1. The molecule has 3 N–H and O–H groups in total. The Morgan fingerprint density at radius 2 is 2.05 bits per heavy atom. The number of aromatic hydroxyl groups is 1. The van der Waals surface area contributed by atoms with Crippen molar-refractivity contribution in [3.63, 3.8) is 0 Å². The molecule has 106 valence electrons. The van der Waals surface area contributed by atoms with Crippen LogP contribution in [0.4, 0.5) is 10.5 Å². The Morgan fingerprint density at radius 3 is 2.63 bits per heavy atom. The Bertz CT molecular complexity index is 556. The van der Waals surface area contributed by atoms with Gasteiger partial charge in [0, 0.05) is 0 Å². The topological polar surface area (TPSA) is 105 Å². The number of carbonyl (C=O) groups excluding carboxylic acids is 1. The number of benzene rings is 1. The van der Waals surface area contributed by atoms with Gasteiger partial charge in [0.05, 0.1) is 12.3 Å². The van der Waals surface area contributed by atoms with Crippen molar-refractivity contribution >= 4 is 22.0 Å². The third kappa shape index (κ3) is 4.66. The second kappa shape index (κ2) is 6.28. The van der Waals surface area contributed by atoms with E-state index in [1.54, 1.807) is 17.7 Å². The molecule has 0 radical (unpaired) electrons. The summed E-state index contributed by atoms with van der Waals surface area (Å²) in [5.74, 6) is -0.230. The van der Waals surface area contributed by atoms with Crippen LogP contribution >= 0.6 is 0 Å². The number of phenolic OH excluding ortho intramolecular Hbond substituents is 1. The molecule has 0 aliphatic heterocycles. The van der Waals surface area contributed by atoms with Gasteiger partial charge in [-0.25, -0.2) is 9.52 Å². The molecule has 0 atom stereocenters. The molecule has 1 rings (SSSR count). The number of ether oxygens (including phenoxy) is 1. The first kappa shape index (κ1) is 15.1. The molecule has 0 saturated carbocycles. The van der Waals surface area contributed by atoms with Crippen molar-refractivity contribution in [3.8, 4) is 5.75 Å². The summed E-state index contributed by atoms with van der Waals surface area (Å²) in [6.07, 6.45) is -0.401. The first-order valence-electron chi connectivity index (χ1n) is 5.67. The highest BCUT2D eigenvalue weighted by atomic mass is 32.2. The maximum atomic E-state index is 11.6. The largest absolute Gasteiger partial charge is 0.506 e. The number of hydrogen-bond acceptors (Lipinski definition) is 5. The summed E-state index contributed by atoms with van der Waals surface area (Å²) < 4.78 is 31.4. The van der Waals surface area contributed by atoms with Crippen LogP contribution < -0.4 is 9.44 Å². The van der Waals surface area contributed by atoms with Crippen LogP contribution in [0, 0.1) is 0 Å². The molecule has 19 heavy (non-hydrogen) atoms. The van der Waals surface area contributed by atoms with Gasteiger partial charge in [-0.3, -0.25) is 4.72 Å². The smallest absolute Gasteiger partial charge is 0.422 e. The summed E-state index contributed by atoms with van der Waals surface area (Å²) in [5.41, 5.74) is 0.836. The lowest BCUT2D eigenvalue weighted by molar-refractivity contribution is 0.159. The zero-order valence-electron chi connectivity index (χ0n) is 10.6. The summed E-state index contributed by atoms with van der Waals surface area (Å²) in [6.45, 7) is 3.50. The number of nitrogens with one attached hydrogen (secondary N) is 2. The van der Waals surface area contributed by atoms with Crippen molar-refractivity contribution in [2.24, 2.45) is 0 Å². The predicted molar refractivity (Wildman–Crippen MR) is 70.2 cm³/mol. The third-order valence-electron chi connectivity index (χ3n) is 2.21. The summed E-state index contributed by atoms with van der Waals surface area (Å²) in [6, 6.07) is 4.53. The maximum Gasteiger partial charge on any atom is 0.422 e. The average molecular weight is 288 g/mol. The van der Waals surface area contributed by atoms with E-state index in [4.69, 9.17) is 0 Å². The van der Waals surface area contributed by atoms with E-state index in [0.717, 1.165) is 5.56 Å². The minimum absolute atomic E-state index is 0.00357. The Hall–Kier alpha value is -1.96. The van der Waals surface area contributed by atoms with Crippen LogP contribution in [0.3, 0.4) is 0 Å². The van der Waals surface area contributed by atoms with Crippen molar-refractivity contribution in [1.29, 1.82) is 0 Å². The molecule has 7 nitrogen and oxygen atoms in total. The Labute approximate surface area is 111 Å². The molecule has 0 bridgehead atoms. The number of hydrogen-bond donors (Lipinski definition) is 3. The Balaban J connectivity index is 2.86. The molecule has 0 aliphatic rings. The predicted octanol–water partition coefficient (Wildman–Crippen LogP) is 1.36. The van der Waals surface area contributed by atoms with Gasteiger partial charge >= 0.3 is 16.3 Å². The molecule has 0 aliphatic carbocycles. The lowest BCUT2D eigenvalue weighted by Gasteiger charge is -2.11. The fourth-order valence-electron chi connectivity index (χ4n) is 1.33. The molecule has 1 aromatic carbocycles. The van der Waals surface area contributed by atoms with Crippen molar-refractivity contribution in [1.82, 2.24) is 4.72 Å². The summed E-state index contributed by atoms with van der Waals surface area (Å²) >= 11 is 0. The second-order valence-electron chi connectivity index (χ2n) is 3.63. The minimum atomic E-state index is -4.14. The van der Waals surface area contributed by atoms with Gasteiger partial charge in [-0.15, -0.1) is 0 Å². The zero-order valence-corrected chi connectivity index (χ0v) is 11.5. The Morgan fingerprint density at radius 1 is 1.37 bits per heavy atom. The van der Waals surface area contributed by atoms with Crippen LogP contribution in [0.1, 0.15) is 19.4 Å². The van der Waals surface area contributed by atoms with Gasteiger partial charge in [0.2, 0.25) is 0 Å². The van der Waals surface area contributed by atoms with Gasteiger partial charge in [-0.2, -0.15) is 8.42 Å². The number of rotatable bonds is 5. The molecule has 1 aromatic rings. The van der Waals surface area contributed by atoms with E-state index >= 15 is 0 Å².